The highest BCUT2D eigenvalue weighted by atomic mass is 127. The van der Waals surface area contributed by atoms with Crippen molar-refractivity contribution in [3.63, 3.8) is 0 Å². The van der Waals surface area contributed by atoms with Gasteiger partial charge in [-0.15, -0.1) is 0 Å². The van der Waals surface area contributed by atoms with E-state index >= 15 is 0 Å². The lowest BCUT2D eigenvalue weighted by Gasteiger charge is -2.19. The normalized spacial score (nSPS) is 10.5. The van der Waals surface area contributed by atoms with E-state index in [1.54, 1.807) is 43.6 Å². The number of amides is 2. The highest BCUT2D eigenvalue weighted by Crippen LogP contribution is 2.05. The molecule has 0 aliphatic carbocycles. The van der Waals surface area contributed by atoms with Crippen molar-refractivity contribution >= 4 is 34.9 Å². The lowest BCUT2D eigenvalue weighted by atomic mass is 10.2. The monoisotopic (exact) mass is 300 g/mol. The van der Waals surface area contributed by atoms with Crippen molar-refractivity contribution < 1.29 is 14.3 Å². The Morgan fingerprint density at radius 3 is 2.31 bits per heavy atom. The molecule has 0 heterocycles. The molecule has 0 saturated heterocycles. The number of hydrogen-bond donors (Lipinski definition) is 2. The van der Waals surface area contributed by atoms with Crippen LogP contribution in [0.4, 0.5) is 4.79 Å². The molecule has 0 rings (SSSR count). The minimum absolute atomic E-state index is 0.0716. The van der Waals surface area contributed by atoms with Crippen LogP contribution in [0.2, 0.25) is 0 Å². The van der Waals surface area contributed by atoms with E-state index in [0.717, 1.165) is 0 Å². The van der Waals surface area contributed by atoms with Gasteiger partial charge in [0.05, 0.1) is 22.9 Å². The molecule has 13 heavy (non-hydrogen) atoms. The van der Waals surface area contributed by atoms with Crippen LogP contribution in [0.15, 0.2) is 0 Å². The summed E-state index contributed by atoms with van der Waals surface area (Å²) >= 11 is 1.70. The van der Waals surface area contributed by atoms with Crippen LogP contribution in [0, 0.1) is 0 Å². The lowest BCUT2D eigenvalue weighted by molar-refractivity contribution is -0.118. The van der Waals surface area contributed by atoms with Gasteiger partial charge in [0.25, 0.3) is 0 Å². The lowest BCUT2D eigenvalue weighted by Crippen LogP contribution is -2.37. The number of carbonyl (C=O) groups excluding carboxylic acids is 2. The summed E-state index contributed by atoms with van der Waals surface area (Å²) in [5, 5.41) is 2.31. The van der Waals surface area contributed by atoms with E-state index in [1.165, 1.54) is 0 Å². The number of rotatable bonds is 2. The second-order valence-corrected chi connectivity index (χ2v) is 3.91. The van der Waals surface area contributed by atoms with Crippen LogP contribution in [-0.2, 0) is 9.53 Å². The minimum Gasteiger partial charge on any atom is -0.444 e. The Morgan fingerprint density at radius 2 is 1.92 bits per heavy atom. The number of nitrogens with one attached hydrogen (secondary N) is 2. The van der Waals surface area contributed by atoms with Crippen molar-refractivity contribution in [1.82, 2.24) is 8.85 Å². The smallest absolute Gasteiger partial charge is 0.408 e. The molecule has 0 atom stereocenters. The van der Waals surface area contributed by atoms with Gasteiger partial charge in [0.2, 0.25) is 5.91 Å². The molecule has 0 aliphatic heterocycles. The number of carbonyl (C=O) groups is 2. The molecule has 0 aromatic heterocycles. The molecule has 2 N–H and O–H groups in total. The first kappa shape index (κ1) is 12.5. The van der Waals surface area contributed by atoms with E-state index in [4.69, 9.17) is 4.74 Å². The third kappa shape index (κ3) is 7.82. The van der Waals surface area contributed by atoms with E-state index in [-0.39, 0.29) is 12.5 Å². The Balaban J connectivity index is 3.71. The second-order valence-electron chi connectivity index (χ2n) is 3.37. The Labute approximate surface area is 91.1 Å². The van der Waals surface area contributed by atoms with Gasteiger partial charge >= 0.3 is 6.09 Å². The Kier molecular flexibility index (Phi) is 5.04. The molecule has 0 aromatic carbocycles. The van der Waals surface area contributed by atoms with Crippen LogP contribution in [-0.4, -0.2) is 24.1 Å². The van der Waals surface area contributed by atoms with Crippen LogP contribution < -0.4 is 8.85 Å². The zero-order chi connectivity index (χ0) is 10.5. The number of ether oxygens (including phenoxy) is 1. The standard InChI is InChI=1S/C7H13IN2O3/c1-7(2,3)13-6(12)9-4-5(11)10-8/h4H2,1-3H3,(H,9,12)(H,10,11). The molecular formula is C7H13IN2O3. The maximum Gasteiger partial charge on any atom is 0.408 e. The summed E-state index contributed by atoms with van der Waals surface area (Å²) in [6.45, 7) is 5.19. The molecule has 0 spiro atoms. The van der Waals surface area contributed by atoms with Crippen LogP contribution in [0.5, 0.6) is 0 Å². The maximum absolute atomic E-state index is 11.0. The molecule has 6 heteroatoms. The van der Waals surface area contributed by atoms with Gasteiger partial charge in [0, 0.05) is 0 Å². The SMILES string of the molecule is CC(C)(C)OC(=O)NCC(=O)NI. The van der Waals surface area contributed by atoms with E-state index in [0.29, 0.717) is 0 Å². The van der Waals surface area contributed by atoms with E-state index in [2.05, 4.69) is 8.85 Å². The summed E-state index contributed by atoms with van der Waals surface area (Å²) in [6, 6.07) is 0. The first-order chi connectivity index (χ1) is 5.85. The largest absolute Gasteiger partial charge is 0.444 e. The molecule has 0 saturated carbocycles. The average molecular weight is 300 g/mol. The van der Waals surface area contributed by atoms with Gasteiger partial charge in [-0.3, -0.25) is 8.32 Å². The van der Waals surface area contributed by atoms with Gasteiger partial charge in [-0.2, -0.15) is 0 Å². The van der Waals surface area contributed by atoms with Crippen LogP contribution in [0.1, 0.15) is 20.8 Å². The van der Waals surface area contributed by atoms with Crippen molar-refractivity contribution in [1.29, 1.82) is 0 Å². The number of alkyl carbamates (subject to hydrolysis) is 1. The van der Waals surface area contributed by atoms with Crippen molar-refractivity contribution in [2.24, 2.45) is 0 Å². The molecule has 0 unspecified atom stereocenters. The molecule has 2 amide bonds. The zero-order valence-electron chi connectivity index (χ0n) is 7.81. The summed E-state index contributed by atoms with van der Waals surface area (Å²) in [7, 11) is 0. The predicted octanol–water partition coefficient (Wildman–Crippen LogP) is 0.977. The highest BCUT2D eigenvalue weighted by molar-refractivity contribution is 14.1. The summed E-state index contributed by atoms with van der Waals surface area (Å²) in [5.74, 6) is -0.272. The summed E-state index contributed by atoms with van der Waals surface area (Å²) in [6.07, 6.45) is -0.590. The van der Waals surface area contributed by atoms with Gasteiger partial charge < -0.3 is 10.1 Å². The summed E-state index contributed by atoms with van der Waals surface area (Å²) in [5.41, 5.74) is -0.537. The van der Waals surface area contributed by atoms with Gasteiger partial charge in [-0.1, -0.05) is 0 Å². The van der Waals surface area contributed by atoms with Gasteiger partial charge in [0.15, 0.2) is 0 Å². The van der Waals surface area contributed by atoms with Crippen molar-refractivity contribution in [2.45, 2.75) is 26.4 Å². The van der Waals surface area contributed by atoms with E-state index in [1.807, 2.05) is 0 Å². The quantitative estimate of drug-likeness (QED) is 0.590. The Bertz CT molecular complexity index is 200. The Morgan fingerprint density at radius 1 is 1.38 bits per heavy atom. The third-order valence-corrected chi connectivity index (χ3v) is 1.50. The van der Waals surface area contributed by atoms with Crippen LogP contribution in [0.25, 0.3) is 0 Å². The van der Waals surface area contributed by atoms with Crippen LogP contribution in [0.3, 0.4) is 0 Å². The summed E-state index contributed by atoms with van der Waals surface area (Å²) in [4.78, 5) is 21.7. The van der Waals surface area contributed by atoms with Gasteiger partial charge in [-0.25, -0.2) is 4.79 Å². The molecule has 0 aromatic rings. The van der Waals surface area contributed by atoms with Crippen molar-refractivity contribution in [3.05, 3.63) is 0 Å². The molecular weight excluding hydrogens is 287 g/mol. The average Bonchev–Trinajstić information content (AvgIpc) is 1.97. The van der Waals surface area contributed by atoms with Crippen LogP contribution >= 0.6 is 22.9 Å². The van der Waals surface area contributed by atoms with Crippen molar-refractivity contribution in [3.8, 4) is 0 Å². The second kappa shape index (κ2) is 5.25. The highest BCUT2D eigenvalue weighted by Gasteiger charge is 2.16. The molecule has 5 nitrogen and oxygen atoms in total. The fourth-order valence-electron chi connectivity index (χ4n) is 0.500. The minimum atomic E-state index is -0.590. The predicted molar refractivity (Wildman–Crippen MR) is 56.4 cm³/mol. The third-order valence-electron chi connectivity index (χ3n) is 0.898. The van der Waals surface area contributed by atoms with E-state index in [9.17, 15) is 9.59 Å². The zero-order valence-corrected chi connectivity index (χ0v) is 9.97. The van der Waals surface area contributed by atoms with Gasteiger partial charge in [-0.05, 0) is 20.8 Å². The van der Waals surface area contributed by atoms with Gasteiger partial charge in [0.1, 0.15) is 12.1 Å². The molecule has 0 aliphatic rings. The first-order valence-electron chi connectivity index (χ1n) is 3.71. The fourth-order valence-corrected chi connectivity index (χ4v) is 0.691. The number of halogens is 1. The molecule has 0 bridgehead atoms. The molecule has 76 valence electrons. The van der Waals surface area contributed by atoms with E-state index < -0.39 is 11.7 Å². The molecule has 0 fully saturated rings. The molecule has 0 radical (unpaired) electrons. The summed E-state index contributed by atoms with van der Waals surface area (Å²) < 4.78 is 7.24. The maximum atomic E-state index is 11.0. The Hall–Kier alpha value is -0.530. The number of hydrogen-bond acceptors (Lipinski definition) is 3. The van der Waals surface area contributed by atoms with Crippen molar-refractivity contribution in [2.75, 3.05) is 6.54 Å². The topological polar surface area (TPSA) is 67.4 Å². The fraction of sp³-hybridized carbons (Fsp3) is 0.714. The first-order valence-corrected chi connectivity index (χ1v) is 4.79.